The van der Waals surface area contributed by atoms with Crippen LogP contribution in [-0.4, -0.2) is 0 Å². The second-order valence-corrected chi connectivity index (χ2v) is 16.7. The molecule has 0 saturated carbocycles. The van der Waals surface area contributed by atoms with E-state index in [1.165, 1.54) is 61.7 Å². The summed E-state index contributed by atoms with van der Waals surface area (Å²) >= 11 is 0. The van der Waals surface area contributed by atoms with E-state index in [0.717, 1.165) is 43.5 Å². The van der Waals surface area contributed by atoms with Gasteiger partial charge in [-0.1, -0.05) is 194 Å². The minimum absolute atomic E-state index is 0.304. The maximum atomic E-state index is 2.43. The van der Waals surface area contributed by atoms with Gasteiger partial charge in [-0.25, -0.2) is 0 Å². The van der Waals surface area contributed by atoms with E-state index in [0.29, 0.717) is 11.8 Å². The first-order chi connectivity index (χ1) is 31.7. The average Bonchev–Trinajstić information content (AvgIpc) is 3.38. The lowest BCUT2D eigenvalue weighted by Gasteiger charge is -2.31. The lowest BCUT2D eigenvalue weighted by atomic mass is 9.92. The highest BCUT2D eigenvalue weighted by atomic mass is 15.2. The zero-order valence-corrected chi connectivity index (χ0v) is 36.8. The predicted molar refractivity (Wildman–Crippen MR) is 274 cm³/mol. The molecule has 9 rings (SSSR count). The fourth-order valence-corrected chi connectivity index (χ4v) is 8.90. The molecule has 0 fully saturated rings. The smallest absolute Gasteiger partial charge is 0.0461 e. The Morgan fingerprint density at radius 3 is 1.89 bits per heavy atom. The molecule has 2 heteroatoms. The molecular weight excluding hydrogens is 773 g/mol. The Balaban J connectivity index is 0.926. The van der Waals surface area contributed by atoms with Gasteiger partial charge in [0.15, 0.2) is 0 Å². The third-order valence-electron chi connectivity index (χ3n) is 12.4. The van der Waals surface area contributed by atoms with Crippen LogP contribution in [0.2, 0.25) is 0 Å². The molecule has 0 spiro atoms. The number of benzene rings is 6. The number of hydrogen-bond donors (Lipinski definition) is 0. The van der Waals surface area contributed by atoms with Gasteiger partial charge in [0.2, 0.25) is 0 Å². The number of anilines is 3. The fourth-order valence-electron chi connectivity index (χ4n) is 8.90. The molecule has 64 heavy (non-hydrogen) atoms. The van der Waals surface area contributed by atoms with Crippen LogP contribution in [0.4, 0.5) is 17.1 Å². The van der Waals surface area contributed by atoms with E-state index in [9.17, 15) is 0 Å². The van der Waals surface area contributed by atoms with Crippen LogP contribution in [0, 0.1) is 5.92 Å². The SMILES string of the molecule is C/C=C(\C=C/Cc1ccccc1)N(C1=CC=C(c2ccccc2)CC1)c1ccc(/C=C/C2C=CC(N(c3ccc(-c4ccccc4)cc3)c3ccc(C4C=CC=CC4)cc3)=CC2)cc1. The molecule has 0 saturated heterocycles. The Morgan fingerprint density at radius 1 is 0.609 bits per heavy atom. The van der Waals surface area contributed by atoms with Crippen LogP contribution in [0.5, 0.6) is 0 Å². The summed E-state index contributed by atoms with van der Waals surface area (Å²) in [6.45, 7) is 2.14. The maximum absolute atomic E-state index is 2.43. The van der Waals surface area contributed by atoms with E-state index in [2.05, 4.69) is 266 Å². The highest BCUT2D eigenvalue weighted by Gasteiger charge is 2.20. The van der Waals surface area contributed by atoms with Crippen LogP contribution in [-0.2, 0) is 6.42 Å². The zero-order chi connectivity index (χ0) is 43.3. The van der Waals surface area contributed by atoms with Crippen molar-refractivity contribution in [2.75, 3.05) is 9.80 Å². The Morgan fingerprint density at radius 2 is 1.27 bits per heavy atom. The molecule has 0 aliphatic heterocycles. The van der Waals surface area contributed by atoms with Gasteiger partial charge in [-0.2, -0.15) is 0 Å². The first-order valence-corrected chi connectivity index (χ1v) is 22.9. The van der Waals surface area contributed by atoms with Gasteiger partial charge in [0, 0.05) is 40.1 Å². The molecule has 314 valence electrons. The summed E-state index contributed by atoms with van der Waals surface area (Å²) in [7, 11) is 0. The van der Waals surface area contributed by atoms with Crippen molar-refractivity contribution >= 4 is 28.7 Å². The van der Waals surface area contributed by atoms with Crippen LogP contribution in [0.25, 0.3) is 22.8 Å². The number of nitrogens with zero attached hydrogens (tertiary/aromatic N) is 2. The van der Waals surface area contributed by atoms with Gasteiger partial charge in [0.25, 0.3) is 0 Å². The van der Waals surface area contributed by atoms with Gasteiger partial charge in [-0.3, -0.25) is 0 Å². The van der Waals surface area contributed by atoms with Crippen LogP contribution in [0.3, 0.4) is 0 Å². The van der Waals surface area contributed by atoms with Crippen molar-refractivity contribution in [2.45, 2.75) is 44.9 Å². The topological polar surface area (TPSA) is 6.48 Å². The Kier molecular flexibility index (Phi) is 13.5. The van der Waals surface area contributed by atoms with Gasteiger partial charge in [-0.15, -0.1) is 0 Å². The van der Waals surface area contributed by atoms with E-state index in [1.54, 1.807) is 0 Å². The molecule has 2 unspecified atom stereocenters. The molecule has 0 heterocycles. The van der Waals surface area contributed by atoms with Crippen molar-refractivity contribution in [1.29, 1.82) is 0 Å². The molecule has 0 aromatic heterocycles. The molecule has 3 aliphatic carbocycles. The average molecular weight is 829 g/mol. The predicted octanol–water partition coefficient (Wildman–Crippen LogP) is 16.5. The van der Waals surface area contributed by atoms with Gasteiger partial charge < -0.3 is 9.80 Å². The fraction of sp³-hybridized carbons (Fsp3) is 0.129. The largest absolute Gasteiger partial charge is 0.315 e. The lowest BCUT2D eigenvalue weighted by Crippen LogP contribution is -2.22. The van der Waals surface area contributed by atoms with E-state index >= 15 is 0 Å². The summed E-state index contributed by atoms with van der Waals surface area (Å²) in [4.78, 5) is 4.83. The summed E-state index contributed by atoms with van der Waals surface area (Å²) in [6, 6.07) is 59.2. The molecule has 6 aromatic rings. The molecule has 0 radical (unpaired) electrons. The van der Waals surface area contributed by atoms with Crippen LogP contribution in [0.15, 0.2) is 260 Å². The summed E-state index contributed by atoms with van der Waals surface area (Å²) in [5, 5.41) is 0. The third-order valence-corrected chi connectivity index (χ3v) is 12.4. The molecule has 3 aliphatic rings. The summed E-state index contributed by atoms with van der Waals surface area (Å²) in [5.74, 6) is 0.727. The number of allylic oxidation sites excluding steroid dienone is 15. The van der Waals surface area contributed by atoms with Crippen molar-refractivity contribution in [3.63, 3.8) is 0 Å². The van der Waals surface area contributed by atoms with E-state index in [1.807, 2.05) is 0 Å². The van der Waals surface area contributed by atoms with Crippen molar-refractivity contribution in [3.8, 4) is 11.1 Å². The number of hydrogen-bond acceptors (Lipinski definition) is 2. The van der Waals surface area contributed by atoms with Crippen LogP contribution in [0.1, 0.15) is 60.8 Å². The van der Waals surface area contributed by atoms with Crippen LogP contribution < -0.4 is 9.80 Å². The quantitative estimate of drug-likeness (QED) is 0.101. The third kappa shape index (κ3) is 10.3. The monoisotopic (exact) mass is 828 g/mol. The van der Waals surface area contributed by atoms with Gasteiger partial charge >= 0.3 is 0 Å². The lowest BCUT2D eigenvalue weighted by molar-refractivity contribution is 0.813. The van der Waals surface area contributed by atoms with Crippen molar-refractivity contribution in [2.24, 2.45) is 5.92 Å². The minimum Gasteiger partial charge on any atom is -0.315 e. The van der Waals surface area contributed by atoms with Gasteiger partial charge in [-0.05, 0) is 139 Å². The standard InChI is InChI=1S/C62H56N2/c1-2-57(25-15-18-48-16-7-3-8-17-48)63(60-42-32-54(33-43-60)51-19-9-4-10-20-51)58-38-28-49(29-39-58)26-27-50-30-40-59(41-31-50)64(61-44-34-55(35-45-61)52-21-11-5-12-22-52)62-46-36-56(37-47-62)53-23-13-6-14-24-53/h2-17,19-23,25-30,32,34-42,44-47,50,53H,18,24,31,33,43H2,1H3/b25-15-,27-26+,57-2+. The van der Waals surface area contributed by atoms with Crippen molar-refractivity contribution < 1.29 is 0 Å². The van der Waals surface area contributed by atoms with Crippen molar-refractivity contribution in [1.82, 2.24) is 0 Å². The molecular formula is C62H56N2. The molecule has 2 nitrogen and oxygen atoms in total. The highest BCUT2D eigenvalue weighted by molar-refractivity contribution is 5.75. The molecule has 0 amide bonds. The second kappa shape index (κ2) is 20.6. The molecule has 0 N–H and O–H groups in total. The van der Waals surface area contributed by atoms with Gasteiger partial charge in [0.1, 0.15) is 0 Å². The van der Waals surface area contributed by atoms with Gasteiger partial charge in [0.05, 0.1) is 0 Å². The minimum atomic E-state index is 0.304. The summed E-state index contributed by atoms with van der Waals surface area (Å²) in [6.07, 6.45) is 36.8. The second-order valence-electron chi connectivity index (χ2n) is 16.7. The normalized spacial score (nSPS) is 17.3. The Bertz CT molecular complexity index is 2760. The molecule has 0 bridgehead atoms. The summed E-state index contributed by atoms with van der Waals surface area (Å²) in [5.41, 5.74) is 16.1. The number of rotatable bonds is 14. The zero-order valence-electron chi connectivity index (χ0n) is 36.8. The van der Waals surface area contributed by atoms with Crippen molar-refractivity contribution in [3.05, 3.63) is 282 Å². The molecule has 6 aromatic carbocycles. The maximum Gasteiger partial charge on any atom is 0.0461 e. The first-order valence-electron chi connectivity index (χ1n) is 22.9. The van der Waals surface area contributed by atoms with E-state index < -0.39 is 0 Å². The van der Waals surface area contributed by atoms with E-state index in [-0.39, 0.29) is 0 Å². The van der Waals surface area contributed by atoms with Crippen LogP contribution >= 0.6 is 0 Å². The Labute approximate surface area is 381 Å². The molecule has 2 atom stereocenters. The Hall–Kier alpha value is -7.42. The van der Waals surface area contributed by atoms with E-state index in [4.69, 9.17) is 0 Å². The summed E-state index contributed by atoms with van der Waals surface area (Å²) < 4.78 is 0. The highest BCUT2D eigenvalue weighted by Crippen LogP contribution is 2.37. The first kappa shape index (κ1) is 41.9.